The van der Waals surface area contributed by atoms with Crippen LogP contribution in [0, 0.1) is 0 Å². The Hall–Kier alpha value is -1.11. The molecule has 0 unspecified atom stereocenters. The van der Waals surface area contributed by atoms with Gasteiger partial charge in [-0.1, -0.05) is 13.0 Å². The molecule has 0 fully saturated rings. The highest BCUT2D eigenvalue weighted by molar-refractivity contribution is 7.89. The topological polar surface area (TPSA) is 68.3 Å². The molecule has 0 saturated heterocycles. The van der Waals surface area contributed by atoms with Gasteiger partial charge in [-0.3, -0.25) is 0 Å². The quantitative estimate of drug-likeness (QED) is 0.757. The molecule has 1 rings (SSSR count). The van der Waals surface area contributed by atoms with E-state index in [0.29, 0.717) is 18.0 Å². The number of hydrogen-bond acceptors (Lipinski definition) is 3. The first kappa shape index (κ1) is 14.9. The summed E-state index contributed by atoms with van der Waals surface area (Å²) in [5.41, 5.74) is 6.46. The van der Waals surface area contributed by atoms with Crippen molar-refractivity contribution in [2.24, 2.45) is 5.73 Å². The molecule has 0 aromatic carbocycles. The van der Waals surface area contributed by atoms with Crippen molar-refractivity contribution in [2.45, 2.75) is 31.3 Å². The molecule has 0 saturated carbocycles. The molecule has 2 N–H and O–H groups in total. The number of hydrogen-bond donors (Lipinski definition) is 1. The summed E-state index contributed by atoms with van der Waals surface area (Å²) in [6.07, 6.45) is 4.15. The van der Waals surface area contributed by atoms with Crippen LogP contribution in [0.1, 0.15) is 19.0 Å². The largest absolute Gasteiger partial charge is 0.349 e. The highest BCUT2D eigenvalue weighted by Gasteiger charge is 2.22. The zero-order valence-corrected chi connectivity index (χ0v) is 11.8. The van der Waals surface area contributed by atoms with Crippen LogP contribution in [0.15, 0.2) is 29.8 Å². The number of nitrogens with zero attached hydrogens (tertiary/aromatic N) is 2. The fourth-order valence-corrected chi connectivity index (χ4v) is 2.95. The maximum atomic E-state index is 12.2. The summed E-state index contributed by atoms with van der Waals surface area (Å²) in [5.74, 6) is 0. The maximum Gasteiger partial charge on any atom is 0.244 e. The molecular weight excluding hydrogens is 250 g/mol. The third-order valence-electron chi connectivity index (χ3n) is 2.73. The number of aryl methyl sites for hydroxylation is 1. The highest BCUT2D eigenvalue weighted by atomic mass is 32.2. The van der Waals surface area contributed by atoms with Crippen LogP contribution in [-0.4, -0.2) is 30.9 Å². The predicted octanol–water partition coefficient (Wildman–Crippen LogP) is 1.16. The molecule has 0 radical (unpaired) electrons. The van der Waals surface area contributed by atoms with Crippen LogP contribution in [0.5, 0.6) is 0 Å². The second-order valence-electron chi connectivity index (χ2n) is 4.14. The van der Waals surface area contributed by atoms with E-state index in [9.17, 15) is 8.42 Å². The molecule has 0 bridgehead atoms. The summed E-state index contributed by atoms with van der Waals surface area (Å²) in [4.78, 5) is 0.292. The Kier molecular flexibility index (Phi) is 5.13. The van der Waals surface area contributed by atoms with E-state index in [4.69, 9.17) is 5.73 Å². The van der Waals surface area contributed by atoms with Gasteiger partial charge in [0.05, 0.1) is 0 Å². The summed E-state index contributed by atoms with van der Waals surface area (Å²) >= 11 is 0. The van der Waals surface area contributed by atoms with Gasteiger partial charge in [0.15, 0.2) is 0 Å². The highest BCUT2D eigenvalue weighted by Crippen LogP contribution is 2.18. The predicted molar refractivity (Wildman–Crippen MR) is 72.6 cm³/mol. The van der Waals surface area contributed by atoms with Crippen molar-refractivity contribution in [3.63, 3.8) is 0 Å². The summed E-state index contributed by atoms with van der Waals surface area (Å²) in [7, 11) is -1.91. The first-order valence-electron chi connectivity index (χ1n) is 5.93. The lowest BCUT2D eigenvalue weighted by Crippen LogP contribution is -2.26. The average Bonchev–Trinajstić information content (AvgIpc) is 2.73. The van der Waals surface area contributed by atoms with Crippen LogP contribution in [0.2, 0.25) is 0 Å². The molecule has 0 aliphatic rings. The average molecular weight is 271 g/mol. The van der Waals surface area contributed by atoms with Gasteiger partial charge in [-0.25, -0.2) is 8.42 Å². The Bertz CT molecular complexity index is 505. The summed E-state index contributed by atoms with van der Waals surface area (Å²) < 4.78 is 27.6. The molecule has 0 aliphatic heterocycles. The monoisotopic (exact) mass is 271 g/mol. The molecule has 18 heavy (non-hydrogen) atoms. The second kappa shape index (κ2) is 6.17. The zero-order chi connectivity index (χ0) is 13.8. The molecular formula is C12H21N3O2S. The number of likely N-dealkylation sites (N-methyl/N-ethyl adjacent to an activating group) is 1. The van der Waals surface area contributed by atoms with Gasteiger partial charge >= 0.3 is 0 Å². The zero-order valence-electron chi connectivity index (χ0n) is 11.0. The van der Waals surface area contributed by atoms with Crippen molar-refractivity contribution in [3.05, 3.63) is 30.6 Å². The van der Waals surface area contributed by atoms with E-state index in [0.717, 1.165) is 18.7 Å². The Balaban J connectivity index is 3.13. The van der Waals surface area contributed by atoms with E-state index in [2.05, 4.69) is 6.58 Å². The smallest absolute Gasteiger partial charge is 0.244 e. The first-order valence-corrected chi connectivity index (χ1v) is 7.37. The molecule has 0 aliphatic carbocycles. The van der Waals surface area contributed by atoms with E-state index < -0.39 is 10.0 Å². The fraction of sp³-hybridized carbons (Fsp3) is 0.500. The summed E-state index contributed by atoms with van der Waals surface area (Å²) in [6, 6.07) is 1.64. The van der Waals surface area contributed by atoms with Gasteiger partial charge in [0.25, 0.3) is 0 Å². The Morgan fingerprint density at radius 1 is 1.56 bits per heavy atom. The normalized spacial score (nSPS) is 12.0. The van der Waals surface area contributed by atoms with Crippen LogP contribution < -0.4 is 5.73 Å². The lowest BCUT2D eigenvalue weighted by molar-refractivity contribution is 0.499. The lowest BCUT2D eigenvalue weighted by atomic mass is 10.4. The fourth-order valence-electron chi connectivity index (χ4n) is 1.75. The summed E-state index contributed by atoms with van der Waals surface area (Å²) in [6.45, 7) is 6.98. The number of rotatable bonds is 7. The van der Waals surface area contributed by atoms with Gasteiger partial charge in [0.2, 0.25) is 10.0 Å². The van der Waals surface area contributed by atoms with Crippen LogP contribution in [-0.2, 0) is 23.1 Å². The van der Waals surface area contributed by atoms with Crippen molar-refractivity contribution in [1.82, 2.24) is 8.87 Å². The van der Waals surface area contributed by atoms with Crippen LogP contribution >= 0.6 is 0 Å². The minimum absolute atomic E-state index is 0.291. The third kappa shape index (κ3) is 3.01. The van der Waals surface area contributed by atoms with Crippen molar-refractivity contribution in [2.75, 3.05) is 13.6 Å². The van der Waals surface area contributed by atoms with Crippen molar-refractivity contribution in [1.29, 1.82) is 0 Å². The van der Waals surface area contributed by atoms with Crippen molar-refractivity contribution < 1.29 is 8.42 Å². The molecule has 1 heterocycles. The van der Waals surface area contributed by atoms with Gasteiger partial charge in [0.1, 0.15) is 4.90 Å². The number of aromatic nitrogens is 1. The van der Waals surface area contributed by atoms with Crippen LogP contribution in [0.4, 0.5) is 0 Å². The first-order chi connectivity index (χ1) is 8.47. The van der Waals surface area contributed by atoms with Gasteiger partial charge in [-0.15, -0.1) is 6.58 Å². The number of sulfonamides is 1. The molecule has 6 heteroatoms. The SMILES string of the molecule is C=CCN(C)S(=O)(=O)c1cc(CN)n(CCC)c1. The number of nitrogens with two attached hydrogens (primary N) is 1. The molecule has 0 spiro atoms. The van der Waals surface area contributed by atoms with E-state index >= 15 is 0 Å². The van der Waals surface area contributed by atoms with Crippen LogP contribution in [0.25, 0.3) is 0 Å². The maximum absolute atomic E-state index is 12.2. The molecule has 1 aromatic heterocycles. The van der Waals surface area contributed by atoms with Gasteiger partial charge in [0, 0.05) is 38.6 Å². The molecule has 0 amide bonds. The molecule has 1 aromatic rings. The molecule has 5 nitrogen and oxygen atoms in total. The Morgan fingerprint density at radius 2 is 2.22 bits per heavy atom. The van der Waals surface area contributed by atoms with Crippen molar-refractivity contribution in [3.8, 4) is 0 Å². The minimum Gasteiger partial charge on any atom is -0.349 e. The standard InChI is InChI=1S/C12H21N3O2S/c1-4-6-14(3)18(16,17)12-8-11(9-13)15(10-12)7-5-2/h4,8,10H,1,5-7,9,13H2,2-3H3. The Morgan fingerprint density at radius 3 is 2.72 bits per heavy atom. The Labute approximate surface area is 109 Å². The van der Waals surface area contributed by atoms with E-state index in [-0.39, 0.29) is 0 Å². The molecule has 102 valence electrons. The van der Waals surface area contributed by atoms with Gasteiger partial charge < -0.3 is 10.3 Å². The van der Waals surface area contributed by atoms with Gasteiger partial charge in [-0.2, -0.15) is 4.31 Å². The lowest BCUT2D eigenvalue weighted by Gasteiger charge is -2.13. The van der Waals surface area contributed by atoms with E-state index in [1.54, 1.807) is 18.3 Å². The van der Waals surface area contributed by atoms with Gasteiger partial charge in [-0.05, 0) is 12.5 Å². The second-order valence-corrected chi connectivity index (χ2v) is 6.18. The van der Waals surface area contributed by atoms with Crippen molar-refractivity contribution >= 4 is 10.0 Å². The summed E-state index contributed by atoms with van der Waals surface area (Å²) in [5, 5.41) is 0. The third-order valence-corrected chi connectivity index (χ3v) is 4.52. The minimum atomic E-state index is -3.45. The van der Waals surface area contributed by atoms with Crippen LogP contribution in [0.3, 0.4) is 0 Å². The molecule has 0 atom stereocenters. The van der Waals surface area contributed by atoms with E-state index in [1.165, 1.54) is 11.4 Å². The van der Waals surface area contributed by atoms with E-state index in [1.807, 2.05) is 11.5 Å².